The number of anilines is 3. The molecule has 1 aromatic carbocycles. The van der Waals surface area contributed by atoms with Crippen LogP contribution in [-0.2, 0) is 4.74 Å². The Balaban J connectivity index is 1.33. The number of aromatic nitrogens is 2. The Morgan fingerprint density at radius 3 is 2.39 bits per heavy atom. The molecule has 0 saturated carbocycles. The van der Waals surface area contributed by atoms with Crippen LogP contribution in [0.25, 0.3) is 0 Å². The van der Waals surface area contributed by atoms with Crippen LogP contribution in [-0.4, -0.2) is 48.4 Å². The molecule has 28 heavy (non-hydrogen) atoms. The lowest BCUT2D eigenvalue weighted by Crippen LogP contribution is -2.39. The molecule has 0 atom stereocenters. The maximum atomic E-state index is 12.3. The second-order valence-corrected chi connectivity index (χ2v) is 7.38. The number of amides is 1. The third-order valence-corrected chi connectivity index (χ3v) is 5.31. The predicted molar refractivity (Wildman–Crippen MR) is 109 cm³/mol. The van der Waals surface area contributed by atoms with E-state index >= 15 is 0 Å². The number of nitrogens with one attached hydrogen (secondary N) is 2. The van der Waals surface area contributed by atoms with E-state index in [0.717, 1.165) is 31.6 Å². The van der Waals surface area contributed by atoms with Gasteiger partial charge in [-0.3, -0.25) is 4.79 Å². The van der Waals surface area contributed by atoms with Crippen LogP contribution in [0.4, 0.5) is 17.2 Å². The van der Waals surface area contributed by atoms with Crippen LogP contribution in [0.1, 0.15) is 42.6 Å². The second-order valence-electron chi connectivity index (χ2n) is 7.38. The molecule has 7 nitrogen and oxygen atoms in total. The van der Waals surface area contributed by atoms with Gasteiger partial charge in [-0.1, -0.05) is 0 Å². The van der Waals surface area contributed by atoms with Crippen molar-refractivity contribution in [1.29, 1.82) is 0 Å². The van der Waals surface area contributed by atoms with E-state index in [0.29, 0.717) is 24.7 Å². The summed E-state index contributed by atoms with van der Waals surface area (Å²) in [4.78, 5) is 14.7. The maximum absolute atomic E-state index is 12.3. The molecule has 0 unspecified atom stereocenters. The minimum atomic E-state index is -0.183. The van der Waals surface area contributed by atoms with Crippen molar-refractivity contribution in [2.24, 2.45) is 0 Å². The van der Waals surface area contributed by atoms with Gasteiger partial charge in [0, 0.05) is 43.7 Å². The normalized spacial score (nSPS) is 17.9. The summed E-state index contributed by atoms with van der Waals surface area (Å²) < 4.78 is 5.31. The fourth-order valence-corrected chi connectivity index (χ4v) is 3.68. The zero-order valence-electron chi connectivity index (χ0n) is 16.1. The number of piperidine rings is 1. The Morgan fingerprint density at radius 1 is 0.964 bits per heavy atom. The number of nitrogens with zero attached hydrogens (tertiary/aromatic N) is 3. The molecule has 1 amide bonds. The van der Waals surface area contributed by atoms with Gasteiger partial charge >= 0.3 is 0 Å². The van der Waals surface area contributed by atoms with Gasteiger partial charge in [0.05, 0.1) is 0 Å². The lowest BCUT2D eigenvalue weighted by atomic mass is 10.1. The molecular formula is C21H27N5O2. The highest BCUT2D eigenvalue weighted by Crippen LogP contribution is 2.23. The van der Waals surface area contributed by atoms with Crippen molar-refractivity contribution in [3.8, 4) is 0 Å². The average molecular weight is 381 g/mol. The fourth-order valence-electron chi connectivity index (χ4n) is 3.68. The van der Waals surface area contributed by atoms with Crippen LogP contribution in [0.2, 0.25) is 0 Å². The summed E-state index contributed by atoms with van der Waals surface area (Å²) in [5.74, 6) is 0.435. The molecule has 4 rings (SSSR count). The molecule has 148 valence electrons. The van der Waals surface area contributed by atoms with Gasteiger partial charge in [-0.25, -0.2) is 0 Å². The second kappa shape index (κ2) is 9.01. The maximum Gasteiger partial charge on any atom is 0.272 e. The molecule has 0 bridgehead atoms. The zero-order chi connectivity index (χ0) is 19.2. The third-order valence-electron chi connectivity index (χ3n) is 5.31. The Kier molecular flexibility index (Phi) is 6.01. The number of rotatable bonds is 5. The molecule has 2 aliphatic rings. The highest BCUT2D eigenvalue weighted by molar-refractivity contribution is 5.92. The van der Waals surface area contributed by atoms with E-state index in [-0.39, 0.29) is 11.9 Å². The summed E-state index contributed by atoms with van der Waals surface area (Å²) in [7, 11) is 0. The third kappa shape index (κ3) is 4.78. The first kappa shape index (κ1) is 18.7. The van der Waals surface area contributed by atoms with Gasteiger partial charge in [0.15, 0.2) is 11.5 Å². The van der Waals surface area contributed by atoms with E-state index in [1.807, 2.05) is 0 Å². The summed E-state index contributed by atoms with van der Waals surface area (Å²) in [5, 5.41) is 14.4. The summed E-state index contributed by atoms with van der Waals surface area (Å²) in [6.45, 7) is 3.65. The van der Waals surface area contributed by atoms with Crippen molar-refractivity contribution in [2.75, 3.05) is 36.5 Å². The van der Waals surface area contributed by atoms with E-state index < -0.39 is 0 Å². The number of carbonyl (C=O) groups excluding carboxylic acids is 1. The van der Waals surface area contributed by atoms with Crippen LogP contribution in [0, 0.1) is 0 Å². The molecule has 0 spiro atoms. The van der Waals surface area contributed by atoms with Crippen molar-refractivity contribution >= 4 is 23.1 Å². The number of benzene rings is 1. The topological polar surface area (TPSA) is 79.4 Å². The summed E-state index contributed by atoms with van der Waals surface area (Å²) >= 11 is 0. The number of hydrogen-bond acceptors (Lipinski definition) is 6. The highest BCUT2D eigenvalue weighted by Gasteiger charge is 2.18. The van der Waals surface area contributed by atoms with Crippen LogP contribution in [0.15, 0.2) is 36.4 Å². The molecule has 2 N–H and O–H groups in total. The molecule has 2 aromatic rings. The minimum absolute atomic E-state index is 0.152. The van der Waals surface area contributed by atoms with E-state index in [9.17, 15) is 4.79 Å². The first-order valence-corrected chi connectivity index (χ1v) is 10.1. The van der Waals surface area contributed by atoms with Gasteiger partial charge in [-0.15, -0.1) is 10.2 Å². The molecule has 0 radical (unpaired) electrons. The predicted octanol–water partition coefficient (Wildman–Crippen LogP) is 3.12. The van der Waals surface area contributed by atoms with Crippen LogP contribution < -0.4 is 15.5 Å². The van der Waals surface area contributed by atoms with Crippen molar-refractivity contribution in [2.45, 2.75) is 38.1 Å². The Morgan fingerprint density at radius 2 is 1.71 bits per heavy atom. The van der Waals surface area contributed by atoms with E-state index in [2.05, 4.69) is 50.0 Å². The summed E-state index contributed by atoms with van der Waals surface area (Å²) in [6, 6.07) is 12.0. The monoisotopic (exact) mass is 381 g/mol. The lowest BCUT2D eigenvalue weighted by Gasteiger charge is -2.28. The average Bonchev–Trinajstić information content (AvgIpc) is 2.76. The Labute approximate surface area is 165 Å². The summed E-state index contributed by atoms with van der Waals surface area (Å²) in [6.07, 6.45) is 5.55. The summed E-state index contributed by atoms with van der Waals surface area (Å²) in [5.41, 5.74) is 2.54. The van der Waals surface area contributed by atoms with E-state index in [1.54, 1.807) is 12.1 Å². The smallest absolute Gasteiger partial charge is 0.272 e. The zero-order valence-corrected chi connectivity index (χ0v) is 16.1. The van der Waals surface area contributed by atoms with Crippen LogP contribution in [0.5, 0.6) is 0 Å². The molecular weight excluding hydrogens is 354 g/mol. The van der Waals surface area contributed by atoms with Crippen molar-refractivity contribution in [3.63, 3.8) is 0 Å². The van der Waals surface area contributed by atoms with E-state index in [1.165, 1.54) is 24.9 Å². The minimum Gasteiger partial charge on any atom is -0.381 e. The SMILES string of the molecule is O=C(NC1CCOCC1)c1ccc(Nc2ccc(N3CCCCC3)cc2)nn1. The van der Waals surface area contributed by atoms with Gasteiger partial charge in [0.2, 0.25) is 0 Å². The quantitative estimate of drug-likeness (QED) is 0.828. The number of ether oxygens (including phenoxy) is 1. The lowest BCUT2D eigenvalue weighted by molar-refractivity contribution is 0.0693. The first-order chi connectivity index (χ1) is 13.8. The van der Waals surface area contributed by atoms with Crippen LogP contribution >= 0.6 is 0 Å². The first-order valence-electron chi connectivity index (χ1n) is 10.1. The number of hydrogen-bond donors (Lipinski definition) is 2. The molecule has 0 aliphatic carbocycles. The molecule has 7 heteroatoms. The molecule has 2 aliphatic heterocycles. The highest BCUT2D eigenvalue weighted by atomic mass is 16.5. The van der Waals surface area contributed by atoms with Gasteiger partial charge in [0.25, 0.3) is 5.91 Å². The van der Waals surface area contributed by atoms with Crippen LogP contribution in [0.3, 0.4) is 0 Å². The fraction of sp³-hybridized carbons (Fsp3) is 0.476. The molecule has 1 aromatic heterocycles. The van der Waals surface area contributed by atoms with Gasteiger partial charge in [-0.2, -0.15) is 0 Å². The largest absolute Gasteiger partial charge is 0.381 e. The van der Waals surface area contributed by atoms with Crippen molar-refractivity contribution in [1.82, 2.24) is 15.5 Å². The standard InChI is InChI=1S/C21H27N5O2/c27-21(23-17-10-14-28-15-11-17)19-8-9-20(25-24-19)22-16-4-6-18(7-5-16)26-12-2-1-3-13-26/h4-9,17H,1-3,10-15H2,(H,22,25)(H,23,27). The van der Waals surface area contributed by atoms with Gasteiger partial charge in [0.1, 0.15) is 0 Å². The van der Waals surface area contributed by atoms with Crippen molar-refractivity contribution < 1.29 is 9.53 Å². The Bertz CT molecular complexity index is 766. The van der Waals surface area contributed by atoms with Gasteiger partial charge < -0.3 is 20.3 Å². The van der Waals surface area contributed by atoms with Gasteiger partial charge in [-0.05, 0) is 68.5 Å². The van der Waals surface area contributed by atoms with Crippen molar-refractivity contribution in [3.05, 3.63) is 42.1 Å². The molecule has 2 saturated heterocycles. The van der Waals surface area contributed by atoms with E-state index in [4.69, 9.17) is 4.74 Å². The number of carbonyl (C=O) groups is 1. The Hall–Kier alpha value is -2.67. The molecule has 3 heterocycles. The molecule has 2 fully saturated rings.